The number of carbonyl (C=O) groups is 1. The van der Waals surface area contributed by atoms with E-state index in [4.69, 9.17) is 11.6 Å². The molecule has 0 aliphatic carbocycles. The van der Waals surface area contributed by atoms with E-state index in [0.29, 0.717) is 18.7 Å². The molecule has 0 spiro atoms. The third kappa shape index (κ3) is 4.29. The predicted octanol–water partition coefficient (Wildman–Crippen LogP) is 2.48. The monoisotopic (exact) mass is 382 g/mol. The van der Waals surface area contributed by atoms with Gasteiger partial charge in [0.05, 0.1) is 10.6 Å². The predicted molar refractivity (Wildman–Crippen MR) is 96.7 cm³/mol. The van der Waals surface area contributed by atoms with Gasteiger partial charge in [-0.15, -0.1) is 0 Å². The number of H-pyrrole nitrogens is 1. The zero-order valence-electron chi connectivity index (χ0n) is 14.0. The van der Waals surface area contributed by atoms with Crippen LogP contribution >= 0.6 is 11.6 Å². The summed E-state index contributed by atoms with van der Waals surface area (Å²) in [5, 5.41) is -0.0711. The number of hydrogen-bond donors (Lipinski definition) is 1. The van der Waals surface area contributed by atoms with Crippen LogP contribution in [0.3, 0.4) is 0 Å². The Labute approximate surface area is 151 Å². The van der Waals surface area contributed by atoms with Gasteiger partial charge in [0.15, 0.2) is 9.84 Å². The van der Waals surface area contributed by atoms with Crippen LogP contribution in [0.1, 0.15) is 29.8 Å². The lowest BCUT2D eigenvalue weighted by Gasteiger charge is -2.18. The number of benzene rings is 1. The molecule has 25 heavy (non-hydrogen) atoms. The number of carbonyl (C=O) groups excluding carboxylic acids is 1. The Morgan fingerprint density at radius 3 is 2.52 bits per heavy atom. The standard InChI is InChI=1S/C17H19ClN2O4S/c1-3-20(4-2)17(22)12-6-5-7-14(8-12)25(23,24)11-13-9-19-10-15(18)16(13)21/h5-10H,3-4,11H2,1-2H3,(H,19,21). The molecule has 0 radical (unpaired) electrons. The van der Waals surface area contributed by atoms with Gasteiger partial charge in [0.2, 0.25) is 5.43 Å². The number of nitrogens with zero attached hydrogens (tertiary/aromatic N) is 1. The summed E-state index contributed by atoms with van der Waals surface area (Å²) in [6.07, 6.45) is 2.61. The SMILES string of the molecule is CCN(CC)C(=O)c1cccc(S(=O)(=O)Cc2c[nH]cc(Cl)c2=O)c1. The molecule has 6 nitrogen and oxygen atoms in total. The van der Waals surface area contributed by atoms with Crippen LogP contribution < -0.4 is 5.43 Å². The van der Waals surface area contributed by atoms with E-state index in [1.165, 1.54) is 30.6 Å². The molecule has 134 valence electrons. The fraction of sp³-hybridized carbons (Fsp3) is 0.294. The van der Waals surface area contributed by atoms with Crippen LogP contribution in [-0.4, -0.2) is 37.3 Å². The molecule has 0 unspecified atom stereocenters. The number of rotatable bonds is 6. The highest BCUT2D eigenvalue weighted by Gasteiger charge is 2.20. The molecule has 1 heterocycles. The van der Waals surface area contributed by atoms with E-state index in [1.54, 1.807) is 11.0 Å². The fourth-order valence-electron chi connectivity index (χ4n) is 2.41. The summed E-state index contributed by atoms with van der Waals surface area (Å²) in [6, 6.07) is 5.85. The Morgan fingerprint density at radius 1 is 1.20 bits per heavy atom. The van der Waals surface area contributed by atoms with Crippen molar-refractivity contribution >= 4 is 27.3 Å². The second-order valence-electron chi connectivity index (χ2n) is 5.42. The second kappa shape index (κ2) is 7.84. The third-order valence-corrected chi connectivity index (χ3v) is 5.76. The third-order valence-electron chi connectivity index (χ3n) is 3.81. The molecular weight excluding hydrogens is 364 g/mol. The number of nitrogens with one attached hydrogen (secondary N) is 1. The molecule has 1 N–H and O–H groups in total. The quantitative estimate of drug-likeness (QED) is 0.831. The summed E-state index contributed by atoms with van der Waals surface area (Å²) in [5.41, 5.74) is -0.183. The van der Waals surface area contributed by atoms with Crippen molar-refractivity contribution in [2.45, 2.75) is 24.5 Å². The normalized spacial score (nSPS) is 11.3. The van der Waals surface area contributed by atoms with Gasteiger partial charge in [-0.2, -0.15) is 0 Å². The molecule has 0 saturated heterocycles. The lowest BCUT2D eigenvalue weighted by Crippen LogP contribution is -2.30. The number of aromatic nitrogens is 1. The number of sulfone groups is 1. The Kier molecular flexibility index (Phi) is 6.02. The van der Waals surface area contributed by atoms with Gasteiger partial charge in [-0.1, -0.05) is 17.7 Å². The van der Waals surface area contributed by atoms with Gasteiger partial charge >= 0.3 is 0 Å². The second-order valence-corrected chi connectivity index (χ2v) is 7.82. The zero-order chi connectivity index (χ0) is 18.6. The molecule has 0 bridgehead atoms. The average molecular weight is 383 g/mol. The van der Waals surface area contributed by atoms with E-state index in [-0.39, 0.29) is 21.4 Å². The number of amides is 1. The fourth-order valence-corrected chi connectivity index (χ4v) is 3.98. The van der Waals surface area contributed by atoms with Crippen LogP contribution in [0.2, 0.25) is 5.02 Å². The smallest absolute Gasteiger partial charge is 0.253 e. The van der Waals surface area contributed by atoms with Crippen LogP contribution in [-0.2, 0) is 15.6 Å². The van der Waals surface area contributed by atoms with Crippen LogP contribution in [0.15, 0.2) is 46.3 Å². The van der Waals surface area contributed by atoms with Gasteiger partial charge in [0.25, 0.3) is 5.91 Å². The lowest BCUT2D eigenvalue weighted by atomic mass is 10.2. The minimum atomic E-state index is -3.80. The van der Waals surface area contributed by atoms with E-state index in [9.17, 15) is 18.0 Å². The first kappa shape index (κ1) is 19.2. The highest BCUT2D eigenvalue weighted by atomic mass is 35.5. The number of aromatic amines is 1. The highest BCUT2D eigenvalue weighted by molar-refractivity contribution is 7.90. The van der Waals surface area contributed by atoms with E-state index in [1.807, 2.05) is 13.8 Å². The van der Waals surface area contributed by atoms with Gasteiger partial charge in [-0.25, -0.2) is 8.42 Å². The first-order valence-electron chi connectivity index (χ1n) is 7.77. The summed E-state index contributed by atoms with van der Waals surface area (Å²) in [5.74, 6) is -0.728. The summed E-state index contributed by atoms with van der Waals surface area (Å²) in [4.78, 5) is 28.6. The Bertz CT molecular complexity index is 934. The van der Waals surface area contributed by atoms with Gasteiger partial charge < -0.3 is 9.88 Å². The molecule has 2 aromatic rings. The van der Waals surface area contributed by atoms with Crippen LogP contribution in [0, 0.1) is 0 Å². The van der Waals surface area contributed by atoms with E-state index in [2.05, 4.69) is 4.98 Å². The molecule has 1 aromatic heterocycles. The molecule has 0 aliphatic rings. The number of hydrogen-bond acceptors (Lipinski definition) is 4. The molecule has 0 fully saturated rings. The molecule has 0 saturated carbocycles. The summed E-state index contributed by atoms with van der Waals surface area (Å²) in [7, 11) is -3.80. The zero-order valence-corrected chi connectivity index (χ0v) is 15.5. The minimum Gasteiger partial charge on any atom is -0.366 e. The Balaban J connectivity index is 2.37. The first-order valence-corrected chi connectivity index (χ1v) is 9.80. The van der Waals surface area contributed by atoms with Crippen molar-refractivity contribution in [2.75, 3.05) is 13.1 Å². The summed E-state index contributed by atoms with van der Waals surface area (Å²) < 4.78 is 25.3. The van der Waals surface area contributed by atoms with Gasteiger partial charge in [-0.05, 0) is 32.0 Å². The van der Waals surface area contributed by atoms with Crippen molar-refractivity contribution in [1.29, 1.82) is 0 Å². The molecule has 8 heteroatoms. The van der Waals surface area contributed by atoms with E-state index < -0.39 is 21.0 Å². The maximum absolute atomic E-state index is 12.6. The summed E-state index contributed by atoms with van der Waals surface area (Å²) >= 11 is 5.73. The molecular formula is C17H19ClN2O4S. The molecule has 1 amide bonds. The van der Waals surface area contributed by atoms with Gasteiger partial charge in [0.1, 0.15) is 5.02 Å². The van der Waals surface area contributed by atoms with Crippen LogP contribution in [0.25, 0.3) is 0 Å². The van der Waals surface area contributed by atoms with Crippen molar-refractivity contribution in [3.05, 3.63) is 63.0 Å². The van der Waals surface area contributed by atoms with E-state index in [0.717, 1.165) is 0 Å². The number of pyridine rings is 1. The average Bonchev–Trinajstić information content (AvgIpc) is 2.60. The Morgan fingerprint density at radius 2 is 1.88 bits per heavy atom. The van der Waals surface area contributed by atoms with Crippen LogP contribution in [0.4, 0.5) is 0 Å². The van der Waals surface area contributed by atoms with E-state index >= 15 is 0 Å². The van der Waals surface area contributed by atoms with Gasteiger partial charge in [0, 0.05) is 36.6 Å². The number of halogens is 1. The van der Waals surface area contributed by atoms with Crippen molar-refractivity contribution in [1.82, 2.24) is 9.88 Å². The van der Waals surface area contributed by atoms with Crippen molar-refractivity contribution in [2.24, 2.45) is 0 Å². The first-order chi connectivity index (χ1) is 11.8. The maximum Gasteiger partial charge on any atom is 0.253 e. The molecule has 0 atom stereocenters. The van der Waals surface area contributed by atoms with Crippen molar-refractivity contribution < 1.29 is 13.2 Å². The molecule has 2 rings (SSSR count). The topological polar surface area (TPSA) is 87.3 Å². The summed E-state index contributed by atoms with van der Waals surface area (Å²) in [6.45, 7) is 4.77. The molecule has 0 aliphatic heterocycles. The highest BCUT2D eigenvalue weighted by Crippen LogP contribution is 2.18. The lowest BCUT2D eigenvalue weighted by molar-refractivity contribution is 0.0772. The minimum absolute atomic E-state index is 0.00937. The maximum atomic E-state index is 12.6. The van der Waals surface area contributed by atoms with Crippen molar-refractivity contribution in [3.8, 4) is 0 Å². The van der Waals surface area contributed by atoms with Crippen LogP contribution in [0.5, 0.6) is 0 Å². The largest absolute Gasteiger partial charge is 0.366 e. The van der Waals surface area contributed by atoms with Gasteiger partial charge in [-0.3, -0.25) is 9.59 Å². The van der Waals surface area contributed by atoms with Crippen molar-refractivity contribution in [3.63, 3.8) is 0 Å². The molecule has 1 aromatic carbocycles. The Hall–Kier alpha value is -2.12.